The van der Waals surface area contributed by atoms with Gasteiger partial charge in [0.05, 0.1) is 16.6 Å². The Morgan fingerprint density at radius 2 is 1.04 bits per heavy atom. The van der Waals surface area contributed by atoms with Gasteiger partial charge in [-0.2, -0.15) is 0 Å². The van der Waals surface area contributed by atoms with E-state index in [1.807, 2.05) is 60.7 Å². The van der Waals surface area contributed by atoms with Crippen LogP contribution in [0.1, 0.15) is 0 Å². The van der Waals surface area contributed by atoms with E-state index in [0.29, 0.717) is 17.5 Å². The number of furan rings is 1. The molecule has 0 atom stereocenters. The van der Waals surface area contributed by atoms with Crippen LogP contribution in [0.4, 0.5) is 0 Å². The molecule has 57 heavy (non-hydrogen) atoms. The molecule has 8 aromatic carbocycles. The number of thiophene rings is 1. The topological polar surface area (TPSA) is 56.7 Å². The molecular weight excluding hydrogens is 717 g/mol. The van der Waals surface area contributed by atoms with Crippen molar-refractivity contribution in [2.24, 2.45) is 0 Å². The highest BCUT2D eigenvalue weighted by atomic mass is 32.1. The van der Waals surface area contributed by atoms with Crippen LogP contribution in [0, 0.1) is 0 Å². The fourth-order valence-corrected chi connectivity index (χ4v) is 9.72. The fourth-order valence-electron chi connectivity index (χ4n) is 8.55. The second kappa shape index (κ2) is 12.6. The molecule has 0 bridgehead atoms. The minimum absolute atomic E-state index is 0.574. The Labute approximate surface area is 330 Å². The standard InChI is InChI=1S/C51H30N4OS/c1-3-14-31(15-4-1)49-52-50(54-51(53-49)40-23-11-22-37-34-18-8-10-26-43(34)56-48(37)40)32-28-29-39-45(30-32)57-44-27-13-21-36(47(39)44)35-20-12-25-42-46(35)38-19-7-9-24-41(38)55(42)33-16-5-2-6-17-33/h1-30H. The summed E-state index contributed by atoms with van der Waals surface area (Å²) in [6.07, 6.45) is 0. The highest BCUT2D eigenvalue weighted by Crippen LogP contribution is 2.45. The van der Waals surface area contributed by atoms with Crippen molar-refractivity contribution in [3.8, 4) is 51.0 Å². The number of benzene rings is 8. The van der Waals surface area contributed by atoms with Crippen molar-refractivity contribution in [2.45, 2.75) is 0 Å². The van der Waals surface area contributed by atoms with Crippen molar-refractivity contribution in [3.05, 3.63) is 182 Å². The van der Waals surface area contributed by atoms with Gasteiger partial charge >= 0.3 is 0 Å². The minimum Gasteiger partial charge on any atom is -0.455 e. The monoisotopic (exact) mass is 746 g/mol. The molecule has 0 aliphatic heterocycles. The Bertz CT molecular complexity index is 3530. The lowest BCUT2D eigenvalue weighted by molar-refractivity contribution is 0.669. The molecule has 0 aliphatic rings. The molecule has 12 aromatic rings. The van der Waals surface area contributed by atoms with Crippen LogP contribution in [0.3, 0.4) is 0 Å². The van der Waals surface area contributed by atoms with Crippen molar-refractivity contribution in [3.63, 3.8) is 0 Å². The molecule has 0 fully saturated rings. The average molecular weight is 747 g/mol. The van der Waals surface area contributed by atoms with Gasteiger partial charge in [-0.05, 0) is 59.7 Å². The largest absolute Gasteiger partial charge is 0.455 e. The number of fused-ring (bicyclic) bond motifs is 9. The van der Waals surface area contributed by atoms with Gasteiger partial charge in [-0.25, -0.2) is 15.0 Å². The predicted octanol–water partition coefficient (Wildman–Crippen LogP) is 13.9. The third-order valence-corrected chi connectivity index (χ3v) is 12.2. The molecule has 4 heterocycles. The van der Waals surface area contributed by atoms with Crippen molar-refractivity contribution >= 4 is 75.3 Å². The zero-order valence-electron chi connectivity index (χ0n) is 30.4. The van der Waals surface area contributed by atoms with Crippen LogP contribution < -0.4 is 0 Å². The second-order valence-corrected chi connectivity index (χ2v) is 15.4. The first-order chi connectivity index (χ1) is 28.3. The first kappa shape index (κ1) is 31.9. The summed E-state index contributed by atoms with van der Waals surface area (Å²) < 4.78 is 11.2. The van der Waals surface area contributed by atoms with E-state index < -0.39 is 0 Å². The second-order valence-electron chi connectivity index (χ2n) is 14.3. The molecule has 0 unspecified atom stereocenters. The highest BCUT2D eigenvalue weighted by Gasteiger charge is 2.21. The quantitative estimate of drug-likeness (QED) is 0.176. The number of hydrogen-bond acceptors (Lipinski definition) is 5. The van der Waals surface area contributed by atoms with E-state index >= 15 is 0 Å². The molecule has 0 N–H and O–H groups in total. The molecule has 0 amide bonds. The van der Waals surface area contributed by atoms with Crippen molar-refractivity contribution < 1.29 is 4.42 Å². The van der Waals surface area contributed by atoms with E-state index in [9.17, 15) is 0 Å². The van der Waals surface area contributed by atoms with E-state index in [-0.39, 0.29) is 0 Å². The summed E-state index contributed by atoms with van der Waals surface area (Å²) in [5, 5.41) is 7.07. The van der Waals surface area contributed by atoms with E-state index in [1.54, 1.807) is 11.3 Å². The van der Waals surface area contributed by atoms with Crippen LogP contribution in [0.25, 0.3) is 115 Å². The third-order valence-electron chi connectivity index (χ3n) is 11.1. The maximum Gasteiger partial charge on any atom is 0.167 e. The lowest BCUT2D eigenvalue weighted by atomic mass is 9.95. The lowest BCUT2D eigenvalue weighted by Crippen LogP contribution is -2.00. The molecule has 6 heteroatoms. The van der Waals surface area contributed by atoms with E-state index in [2.05, 4.69) is 126 Å². The fraction of sp³-hybridized carbons (Fsp3) is 0. The van der Waals surface area contributed by atoms with Gasteiger partial charge in [0.15, 0.2) is 17.5 Å². The molecule has 0 aliphatic carbocycles. The number of nitrogens with zero attached hydrogens (tertiary/aromatic N) is 4. The summed E-state index contributed by atoms with van der Waals surface area (Å²) in [6.45, 7) is 0. The minimum atomic E-state index is 0.574. The van der Waals surface area contributed by atoms with Crippen molar-refractivity contribution in [1.29, 1.82) is 0 Å². The SMILES string of the molecule is c1ccc(-c2nc(-c3ccc4c(c3)sc3cccc(-c5cccc6c5c5ccccc5n6-c5ccccc5)c34)nc(-c3cccc4c3oc3ccccc34)n2)cc1. The van der Waals surface area contributed by atoms with Crippen molar-refractivity contribution in [2.75, 3.05) is 0 Å². The number of hydrogen-bond donors (Lipinski definition) is 0. The van der Waals surface area contributed by atoms with Gasteiger partial charge in [0, 0.05) is 58.5 Å². The number of para-hydroxylation sites is 4. The molecular formula is C51H30N4OS. The Balaban J connectivity index is 1.05. The lowest BCUT2D eigenvalue weighted by Gasteiger charge is -2.10. The van der Waals surface area contributed by atoms with E-state index in [1.165, 1.54) is 53.1 Å². The van der Waals surface area contributed by atoms with Gasteiger partial charge in [0.25, 0.3) is 0 Å². The summed E-state index contributed by atoms with van der Waals surface area (Å²) in [4.78, 5) is 15.3. The van der Waals surface area contributed by atoms with Crippen LogP contribution in [0.5, 0.6) is 0 Å². The molecule has 12 rings (SSSR count). The molecule has 0 saturated heterocycles. The number of aromatic nitrogens is 4. The van der Waals surface area contributed by atoms with Crippen LogP contribution in [0.15, 0.2) is 186 Å². The summed E-state index contributed by atoms with van der Waals surface area (Å²) in [5.41, 5.74) is 10.3. The Morgan fingerprint density at radius 3 is 1.89 bits per heavy atom. The summed E-state index contributed by atoms with van der Waals surface area (Å²) in [6, 6.07) is 63.8. The zero-order chi connectivity index (χ0) is 37.5. The molecule has 4 aromatic heterocycles. The predicted molar refractivity (Wildman–Crippen MR) is 236 cm³/mol. The number of rotatable bonds is 5. The normalized spacial score (nSPS) is 11.9. The molecule has 266 valence electrons. The van der Waals surface area contributed by atoms with Crippen LogP contribution in [0.2, 0.25) is 0 Å². The molecule has 0 saturated carbocycles. The van der Waals surface area contributed by atoms with E-state index in [0.717, 1.165) is 44.3 Å². The van der Waals surface area contributed by atoms with Gasteiger partial charge < -0.3 is 8.98 Å². The third kappa shape index (κ3) is 4.98. The van der Waals surface area contributed by atoms with Crippen LogP contribution in [-0.2, 0) is 0 Å². The van der Waals surface area contributed by atoms with E-state index in [4.69, 9.17) is 19.4 Å². The smallest absolute Gasteiger partial charge is 0.167 e. The average Bonchev–Trinajstić information content (AvgIpc) is 3.96. The Hall–Kier alpha value is -7.41. The summed E-state index contributed by atoms with van der Waals surface area (Å²) in [5.74, 6) is 1.81. The maximum absolute atomic E-state index is 6.44. The molecule has 5 nitrogen and oxygen atoms in total. The first-order valence-electron chi connectivity index (χ1n) is 19.0. The van der Waals surface area contributed by atoms with Crippen molar-refractivity contribution in [1.82, 2.24) is 19.5 Å². The van der Waals surface area contributed by atoms with Crippen LogP contribution in [-0.4, -0.2) is 19.5 Å². The Morgan fingerprint density at radius 1 is 0.404 bits per heavy atom. The van der Waals surface area contributed by atoms with Gasteiger partial charge in [0.1, 0.15) is 11.2 Å². The van der Waals surface area contributed by atoms with Gasteiger partial charge in [-0.15, -0.1) is 11.3 Å². The van der Waals surface area contributed by atoms with Crippen LogP contribution >= 0.6 is 11.3 Å². The first-order valence-corrected chi connectivity index (χ1v) is 19.8. The molecule has 0 radical (unpaired) electrons. The maximum atomic E-state index is 6.44. The van der Waals surface area contributed by atoms with Gasteiger partial charge in [-0.3, -0.25) is 0 Å². The highest BCUT2D eigenvalue weighted by molar-refractivity contribution is 7.26. The van der Waals surface area contributed by atoms with Gasteiger partial charge in [-0.1, -0.05) is 133 Å². The Kier molecular flexibility index (Phi) is 7.03. The molecule has 0 spiro atoms. The zero-order valence-corrected chi connectivity index (χ0v) is 31.2. The summed E-state index contributed by atoms with van der Waals surface area (Å²) in [7, 11) is 0. The van der Waals surface area contributed by atoms with Gasteiger partial charge in [0.2, 0.25) is 0 Å². The summed E-state index contributed by atoms with van der Waals surface area (Å²) >= 11 is 1.80.